The van der Waals surface area contributed by atoms with Gasteiger partial charge in [-0.05, 0) is 5.01 Å². The molecular formula is C6H6N6O10. The third kappa shape index (κ3) is 1.89. The van der Waals surface area contributed by atoms with Crippen molar-refractivity contribution in [2.24, 2.45) is 4.99 Å². The van der Waals surface area contributed by atoms with E-state index in [0.717, 1.165) is 0 Å². The normalized spacial score (nSPS) is 24.4. The second kappa shape index (κ2) is 5.07. The van der Waals surface area contributed by atoms with Gasteiger partial charge < -0.3 is 9.47 Å². The van der Waals surface area contributed by atoms with Crippen LogP contribution in [-0.4, -0.2) is 62.1 Å². The highest BCUT2D eigenvalue weighted by atomic mass is 16.7. The van der Waals surface area contributed by atoms with Crippen molar-refractivity contribution >= 4 is 5.84 Å². The first-order chi connectivity index (χ1) is 10.2. The molecule has 2 rings (SSSR count). The van der Waals surface area contributed by atoms with Crippen LogP contribution in [0.5, 0.6) is 0 Å². The Morgan fingerprint density at radius 3 is 1.95 bits per heavy atom. The predicted octanol–water partition coefficient (Wildman–Crippen LogP) is -1.92. The van der Waals surface area contributed by atoms with E-state index in [2.05, 4.69) is 4.99 Å². The average Bonchev–Trinajstić information content (AvgIpc) is 2.77. The Morgan fingerprint density at radius 2 is 1.50 bits per heavy atom. The van der Waals surface area contributed by atoms with Crippen LogP contribution in [0.15, 0.2) is 4.99 Å². The fraction of sp³-hybridized carbons (Fsp3) is 0.833. The van der Waals surface area contributed by atoms with Gasteiger partial charge in [-0.25, -0.2) is 15.1 Å². The molecule has 0 N–H and O–H groups in total. The molecule has 1 fully saturated rings. The van der Waals surface area contributed by atoms with Gasteiger partial charge in [-0.3, -0.25) is 30.3 Å². The minimum absolute atomic E-state index is 0.0914. The molecule has 120 valence electrons. The largest absolute Gasteiger partial charge is 0.766 e. The number of aliphatic imine (C=N–C) groups is 1. The second-order valence-electron chi connectivity index (χ2n) is 3.96. The molecule has 0 amide bonds. The number of rotatable bonds is 5. The maximum atomic E-state index is 11.0. The molecular weight excluding hydrogens is 316 g/mol. The summed E-state index contributed by atoms with van der Waals surface area (Å²) in [5, 5.41) is 42.4. The van der Waals surface area contributed by atoms with E-state index in [1.807, 2.05) is 0 Å². The summed E-state index contributed by atoms with van der Waals surface area (Å²) in [6.45, 7) is -0.247. The Labute approximate surface area is 118 Å². The third-order valence-corrected chi connectivity index (χ3v) is 2.85. The van der Waals surface area contributed by atoms with Crippen molar-refractivity contribution in [2.45, 2.75) is 18.2 Å². The van der Waals surface area contributed by atoms with Crippen molar-refractivity contribution in [1.82, 2.24) is 5.01 Å². The highest BCUT2D eigenvalue weighted by molar-refractivity contribution is 5.88. The molecule has 0 spiro atoms. The zero-order valence-electron chi connectivity index (χ0n) is 10.3. The summed E-state index contributed by atoms with van der Waals surface area (Å²) in [5.74, 6) is -5.84. The van der Waals surface area contributed by atoms with Gasteiger partial charge in [0.15, 0.2) is 19.8 Å². The van der Waals surface area contributed by atoms with Crippen LogP contribution in [0.2, 0.25) is 0 Å². The Hall–Kier alpha value is -3.01. The Morgan fingerprint density at radius 1 is 1.00 bits per heavy atom. The zero-order valence-corrected chi connectivity index (χ0v) is 10.3. The van der Waals surface area contributed by atoms with Crippen LogP contribution >= 0.6 is 0 Å². The number of hydrogen-bond acceptors (Lipinski definition) is 11. The summed E-state index contributed by atoms with van der Waals surface area (Å²) >= 11 is 0. The lowest BCUT2D eigenvalue weighted by Crippen LogP contribution is -2.65. The van der Waals surface area contributed by atoms with Gasteiger partial charge in [-0.15, -0.1) is 0 Å². The van der Waals surface area contributed by atoms with E-state index in [4.69, 9.17) is 9.47 Å². The van der Waals surface area contributed by atoms with E-state index in [1.165, 1.54) is 0 Å². The first kappa shape index (κ1) is 15.4. The van der Waals surface area contributed by atoms with Gasteiger partial charge in [0.1, 0.15) is 0 Å². The molecule has 0 aromatic carbocycles. The number of hydrogen-bond donors (Lipinski definition) is 0. The standard InChI is InChI=1S/C6H6N6O10/c13-9(14)6(10(15)16,11(17)18)5-7-3-4(8(5)12(19)20)22-2-1-21-3/h3-4H,1-2H2. The molecule has 0 bridgehead atoms. The second-order valence-corrected chi connectivity index (χ2v) is 3.96. The number of nitro groups is 4. The van der Waals surface area contributed by atoms with Crippen LogP contribution < -0.4 is 0 Å². The summed E-state index contributed by atoms with van der Waals surface area (Å²) in [6, 6.07) is 0. The van der Waals surface area contributed by atoms with E-state index >= 15 is 0 Å². The van der Waals surface area contributed by atoms with Crippen molar-refractivity contribution in [2.75, 3.05) is 13.2 Å². The van der Waals surface area contributed by atoms with Crippen molar-refractivity contribution in [3.05, 3.63) is 40.5 Å². The van der Waals surface area contributed by atoms with Gasteiger partial charge >= 0.3 is 11.6 Å². The minimum Gasteiger partial charge on any atom is -0.349 e. The fourth-order valence-corrected chi connectivity index (χ4v) is 1.95. The number of nitrogens with zero attached hydrogens (tertiary/aromatic N) is 6. The maximum absolute atomic E-state index is 11.0. The van der Waals surface area contributed by atoms with Crippen LogP contribution in [0.1, 0.15) is 0 Å². The van der Waals surface area contributed by atoms with E-state index in [9.17, 15) is 40.5 Å². The van der Waals surface area contributed by atoms with Gasteiger partial charge in [-0.1, -0.05) is 0 Å². The first-order valence-electron chi connectivity index (χ1n) is 5.43. The van der Waals surface area contributed by atoms with Crippen LogP contribution in [0.4, 0.5) is 0 Å². The van der Waals surface area contributed by atoms with E-state index in [-0.39, 0.29) is 18.2 Å². The Balaban J connectivity index is 2.63. The quantitative estimate of drug-likeness (QED) is 0.309. The third-order valence-electron chi connectivity index (χ3n) is 2.85. The Kier molecular flexibility index (Phi) is 3.55. The summed E-state index contributed by atoms with van der Waals surface area (Å²) in [5.41, 5.74) is 0. The molecule has 16 nitrogen and oxygen atoms in total. The number of amidine groups is 1. The number of fused-ring (bicyclic) bond motifs is 1. The van der Waals surface area contributed by atoms with Gasteiger partial charge in [0.25, 0.3) is 0 Å². The lowest BCUT2D eigenvalue weighted by atomic mass is 10.3. The van der Waals surface area contributed by atoms with Crippen molar-refractivity contribution < 1.29 is 29.3 Å². The summed E-state index contributed by atoms with van der Waals surface area (Å²) < 4.78 is 9.84. The lowest BCUT2D eigenvalue weighted by Gasteiger charge is -2.25. The first-order valence-corrected chi connectivity index (χ1v) is 5.43. The summed E-state index contributed by atoms with van der Waals surface area (Å²) in [4.78, 5) is 41.6. The van der Waals surface area contributed by atoms with E-state index in [0.29, 0.717) is 0 Å². The van der Waals surface area contributed by atoms with Crippen LogP contribution in [0, 0.1) is 40.5 Å². The molecule has 2 heterocycles. The molecule has 0 aromatic heterocycles. The fourth-order valence-electron chi connectivity index (χ4n) is 1.95. The zero-order chi connectivity index (χ0) is 16.7. The molecule has 1 saturated heterocycles. The minimum atomic E-state index is -4.24. The Bertz CT molecular complexity index is 552. The molecule has 0 radical (unpaired) electrons. The van der Waals surface area contributed by atoms with Gasteiger partial charge in [0.2, 0.25) is 12.5 Å². The topological polar surface area (TPSA) is 207 Å². The molecule has 0 saturated carbocycles. The molecule has 2 unspecified atom stereocenters. The smallest absolute Gasteiger partial charge is 0.349 e. The number of ether oxygens (including phenoxy) is 2. The summed E-state index contributed by atoms with van der Waals surface area (Å²) in [7, 11) is 0. The predicted molar refractivity (Wildman–Crippen MR) is 59.5 cm³/mol. The molecule has 16 heteroatoms. The SMILES string of the molecule is O=[N+]([O-])N1C(C([N+](=O)[O-])([N+](=O)[O-])[N+](=O)[O-])=NC2OCCOC21. The van der Waals surface area contributed by atoms with Crippen LogP contribution in [-0.2, 0) is 9.47 Å². The van der Waals surface area contributed by atoms with Crippen LogP contribution in [0.25, 0.3) is 0 Å². The van der Waals surface area contributed by atoms with Gasteiger partial charge in [0.05, 0.1) is 13.2 Å². The molecule has 2 aliphatic rings. The van der Waals surface area contributed by atoms with E-state index in [1.54, 1.807) is 0 Å². The molecule has 2 atom stereocenters. The van der Waals surface area contributed by atoms with Crippen molar-refractivity contribution in [1.29, 1.82) is 0 Å². The molecule has 22 heavy (non-hydrogen) atoms. The highest BCUT2D eigenvalue weighted by Gasteiger charge is 2.82. The monoisotopic (exact) mass is 322 g/mol. The molecule has 0 aliphatic carbocycles. The van der Waals surface area contributed by atoms with Gasteiger partial charge in [0, 0.05) is 0 Å². The average molecular weight is 322 g/mol. The van der Waals surface area contributed by atoms with Crippen LogP contribution in [0.3, 0.4) is 0 Å². The summed E-state index contributed by atoms with van der Waals surface area (Å²) in [6.07, 6.45) is -3.19. The van der Waals surface area contributed by atoms with Crippen molar-refractivity contribution in [3.63, 3.8) is 0 Å². The highest BCUT2D eigenvalue weighted by Crippen LogP contribution is 2.30. The van der Waals surface area contributed by atoms with Gasteiger partial charge in [-0.2, -0.15) is 0 Å². The number of hydrazine groups is 1. The van der Waals surface area contributed by atoms with E-state index < -0.39 is 43.9 Å². The van der Waals surface area contributed by atoms with Crippen molar-refractivity contribution in [3.8, 4) is 0 Å². The molecule has 0 aromatic rings. The lowest BCUT2D eigenvalue weighted by molar-refractivity contribution is -0.948. The molecule has 2 aliphatic heterocycles. The maximum Gasteiger partial charge on any atom is 0.766 e.